The van der Waals surface area contributed by atoms with Gasteiger partial charge in [0.15, 0.2) is 0 Å². The zero-order chi connectivity index (χ0) is 12.0. The number of nitrogens with one attached hydrogen (secondary N) is 1. The van der Waals surface area contributed by atoms with Crippen molar-refractivity contribution in [2.45, 2.75) is 13.5 Å². The summed E-state index contributed by atoms with van der Waals surface area (Å²) in [5.41, 5.74) is 1.94. The highest BCUT2D eigenvalue weighted by Crippen LogP contribution is 2.18. The summed E-state index contributed by atoms with van der Waals surface area (Å²) in [5, 5.41) is 8.39. The van der Waals surface area contributed by atoms with Crippen molar-refractivity contribution in [2.75, 3.05) is 18.1 Å². The molecule has 0 aliphatic rings. The monoisotopic (exact) mass is 259 g/mol. The maximum atomic E-state index is 6.13. The molecule has 0 unspecified atom stereocenters. The van der Waals surface area contributed by atoms with Gasteiger partial charge in [-0.25, -0.2) is 0 Å². The minimum atomic E-state index is 0.769. The average molecular weight is 260 g/mol. The van der Waals surface area contributed by atoms with Crippen molar-refractivity contribution in [3.05, 3.63) is 29.1 Å². The molecule has 1 heterocycles. The maximum Gasteiger partial charge on any atom is 0.0860 e. The second-order valence-electron chi connectivity index (χ2n) is 3.51. The van der Waals surface area contributed by atoms with Crippen LogP contribution in [0.25, 0.3) is 0 Å². The highest BCUT2D eigenvalue weighted by atomic mass is 35.5. The van der Waals surface area contributed by atoms with Crippen molar-refractivity contribution in [3.8, 4) is 0 Å². The van der Waals surface area contributed by atoms with Gasteiger partial charge in [-0.15, -0.1) is 6.58 Å². The van der Waals surface area contributed by atoms with Crippen LogP contribution in [0.1, 0.15) is 11.4 Å². The number of hydrogen-bond donors (Lipinski definition) is 1. The van der Waals surface area contributed by atoms with Gasteiger partial charge in [0.2, 0.25) is 0 Å². The van der Waals surface area contributed by atoms with Crippen LogP contribution in [0.3, 0.4) is 0 Å². The van der Waals surface area contributed by atoms with E-state index in [0.717, 1.165) is 41.0 Å². The minimum absolute atomic E-state index is 0.769. The number of hydrogen-bond acceptors (Lipinski definition) is 3. The lowest BCUT2D eigenvalue weighted by Crippen LogP contribution is -2.18. The minimum Gasteiger partial charge on any atom is -0.310 e. The van der Waals surface area contributed by atoms with Gasteiger partial charge < -0.3 is 5.32 Å². The van der Waals surface area contributed by atoms with Gasteiger partial charge in [0.1, 0.15) is 0 Å². The van der Waals surface area contributed by atoms with Crippen LogP contribution in [0.4, 0.5) is 0 Å². The summed E-state index contributed by atoms with van der Waals surface area (Å²) < 4.78 is 1.83. The zero-order valence-electron chi connectivity index (χ0n) is 9.79. The lowest BCUT2D eigenvalue weighted by atomic mass is 10.3. The summed E-state index contributed by atoms with van der Waals surface area (Å²) in [4.78, 5) is 0. The van der Waals surface area contributed by atoms with E-state index in [1.54, 1.807) is 0 Å². The summed E-state index contributed by atoms with van der Waals surface area (Å²) in [7, 11) is 1.92. The molecule has 0 fully saturated rings. The van der Waals surface area contributed by atoms with Crippen LogP contribution < -0.4 is 5.32 Å². The number of aryl methyl sites for hydroxylation is 2. The first-order chi connectivity index (χ1) is 7.66. The number of halogens is 1. The molecule has 90 valence electrons. The molecule has 0 amide bonds. The van der Waals surface area contributed by atoms with Crippen molar-refractivity contribution in [3.63, 3.8) is 0 Å². The Balaban J connectivity index is 2.29. The van der Waals surface area contributed by atoms with E-state index < -0.39 is 0 Å². The Hall–Kier alpha value is -0.450. The van der Waals surface area contributed by atoms with E-state index >= 15 is 0 Å². The molecule has 1 aromatic rings. The largest absolute Gasteiger partial charge is 0.310 e. The Kier molecular flexibility index (Phi) is 5.95. The molecule has 1 aromatic heterocycles. The highest BCUT2D eigenvalue weighted by molar-refractivity contribution is 7.99. The second-order valence-corrected chi connectivity index (χ2v) is 5.04. The van der Waals surface area contributed by atoms with Crippen LogP contribution >= 0.6 is 23.4 Å². The smallest absolute Gasteiger partial charge is 0.0860 e. The predicted molar refractivity (Wildman–Crippen MR) is 72.2 cm³/mol. The molecule has 16 heavy (non-hydrogen) atoms. The Morgan fingerprint density at radius 1 is 1.62 bits per heavy atom. The molecular formula is C11H18ClN3S. The van der Waals surface area contributed by atoms with Crippen molar-refractivity contribution in [1.82, 2.24) is 15.1 Å². The van der Waals surface area contributed by atoms with Crippen LogP contribution in [-0.2, 0) is 13.6 Å². The predicted octanol–water partition coefficient (Wildman–Crippen LogP) is 2.39. The molecule has 0 bridgehead atoms. The van der Waals surface area contributed by atoms with E-state index in [4.69, 9.17) is 11.6 Å². The van der Waals surface area contributed by atoms with Gasteiger partial charge in [-0.1, -0.05) is 17.7 Å². The molecule has 0 aromatic carbocycles. The van der Waals surface area contributed by atoms with Crippen molar-refractivity contribution >= 4 is 23.4 Å². The Labute approximate surface area is 106 Å². The maximum absolute atomic E-state index is 6.13. The Morgan fingerprint density at radius 3 is 2.94 bits per heavy atom. The third kappa shape index (κ3) is 3.85. The van der Waals surface area contributed by atoms with Gasteiger partial charge in [-0.05, 0) is 6.92 Å². The summed E-state index contributed by atoms with van der Waals surface area (Å²) in [6.45, 7) is 7.34. The van der Waals surface area contributed by atoms with Gasteiger partial charge >= 0.3 is 0 Å². The van der Waals surface area contributed by atoms with E-state index in [9.17, 15) is 0 Å². The molecule has 5 heteroatoms. The van der Waals surface area contributed by atoms with Crippen LogP contribution in [-0.4, -0.2) is 27.8 Å². The fourth-order valence-electron chi connectivity index (χ4n) is 1.39. The van der Waals surface area contributed by atoms with Gasteiger partial charge in [-0.2, -0.15) is 16.9 Å². The third-order valence-corrected chi connectivity index (χ3v) is 3.67. The van der Waals surface area contributed by atoms with E-state index in [-0.39, 0.29) is 0 Å². The average Bonchev–Trinajstić information content (AvgIpc) is 2.49. The quantitative estimate of drug-likeness (QED) is 0.602. The van der Waals surface area contributed by atoms with Gasteiger partial charge in [0, 0.05) is 31.6 Å². The summed E-state index contributed by atoms with van der Waals surface area (Å²) in [6, 6.07) is 0. The molecule has 0 saturated heterocycles. The van der Waals surface area contributed by atoms with Crippen LogP contribution in [0.2, 0.25) is 5.02 Å². The van der Waals surface area contributed by atoms with Crippen LogP contribution in [0.5, 0.6) is 0 Å². The zero-order valence-corrected chi connectivity index (χ0v) is 11.4. The molecule has 1 rings (SSSR count). The molecular weight excluding hydrogens is 242 g/mol. The van der Waals surface area contributed by atoms with Crippen LogP contribution in [0.15, 0.2) is 12.7 Å². The Morgan fingerprint density at radius 2 is 2.38 bits per heavy atom. The molecule has 1 N–H and O–H groups in total. The van der Waals surface area contributed by atoms with Crippen LogP contribution in [0, 0.1) is 6.92 Å². The highest BCUT2D eigenvalue weighted by Gasteiger charge is 2.09. The van der Waals surface area contributed by atoms with Crippen molar-refractivity contribution in [2.24, 2.45) is 7.05 Å². The molecule has 0 atom stereocenters. The topological polar surface area (TPSA) is 29.9 Å². The van der Waals surface area contributed by atoms with E-state index in [0.29, 0.717) is 0 Å². The molecule has 0 aliphatic heterocycles. The fraction of sp³-hybridized carbons (Fsp3) is 0.545. The SMILES string of the molecule is C=CCSCCNCc1c(Cl)c(C)nn1C. The molecule has 0 radical (unpaired) electrons. The first-order valence-electron chi connectivity index (χ1n) is 5.24. The number of rotatable bonds is 7. The fourth-order valence-corrected chi connectivity index (χ4v) is 2.24. The molecule has 0 spiro atoms. The van der Waals surface area contributed by atoms with E-state index in [1.807, 2.05) is 36.5 Å². The van der Waals surface area contributed by atoms with E-state index in [2.05, 4.69) is 17.0 Å². The Bertz CT molecular complexity index is 349. The van der Waals surface area contributed by atoms with Crippen molar-refractivity contribution in [1.29, 1.82) is 0 Å². The third-order valence-electron chi connectivity index (χ3n) is 2.21. The second kappa shape index (κ2) is 6.99. The number of thioether (sulfide) groups is 1. The van der Waals surface area contributed by atoms with E-state index in [1.165, 1.54) is 0 Å². The van der Waals surface area contributed by atoms with Gasteiger partial charge in [-0.3, -0.25) is 4.68 Å². The lowest BCUT2D eigenvalue weighted by Gasteiger charge is -2.05. The summed E-state index contributed by atoms with van der Waals surface area (Å²) in [6.07, 6.45) is 1.92. The standard InChI is InChI=1S/C11H18ClN3S/c1-4-6-16-7-5-13-8-10-11(12)9(2)14-15(10)3/h4,13H,1,5-8H2,2-3H3. The first-order valence-corrected chi connectivity index (χ1v) is 6.77. The van der Waals surface area contributed by atoms with Gasteiger partial charge in [0.05, 0.1) is 16.4 Å². The normalized spacial score (nSPS) is 10.7. The van der Waals surface area contributed by atoms with Crippen molar-refractivity contribution < 1.29 is 0 Å². The first kappa shape index (κ1) is 13.6. The molecule has 3 nitrogen and oxygen atoms in total. The number of nitrogens with zero attached hydrogens (tertiary/aromatic N) is 2. The molecule has 0 saturated carbocycles. The van der Waals surface area contributed by atoms with Gasteiger partial charge in [0.25, 0.3) is 0 Å². The lowest BCUT2D eigenvalue weighted by molar-refractivity contribution is 0.643. The summed E-state index contributed by atoms with van der Waals surface area (Å²) >= 11 is 8.00. The number of aromatic nitrogens is 2. The molecule has 0 aliphatic carbocycles. The summed E-state index contributed by atoms with van der Waals surface area (Å²) in [5.74, 6) is 2.09.